The summed E-state index contributed by atoms with van der Waals surface area (Å²) >= 11 is 3.41. The van der Waals surface area contributed by atoms with Crippen molar-refractivity contribution in [1.29, 1.82) is 0 Å². The average molecular weight is 268 g/mol. The van der Waals surface area contributed by atoms with Gasteiger partial charge in [-0.2, -0.15) is 0 Å². The van der Waals surface area contributed by atoms with Gasteiger partial charge in [0.2, 0.25) is 0 Å². The second-order valence-corrected chi connectivity index (χ2v) is 3.77. The minimum absolute atomic E-state index is 0.101. The number of halogens is 2. The lowest BCUT2D eigenvalue weighted by Crippen LogP contribution is -1.83. The first kappa shape index (κ1) is 8.33. The van der Waals surface area contributed by atoms with Gasteiger partial charge in [-0.3, -0.25) is 0 Å². The number of benzene rings is 1. The van der Waals surface area contributed by atoms with E-state index in [0.717, 1.165) is 0 Å². The van der Waals surface area contributed by atoms with Crippen molar-refractivity contribution >= 4 is 34.4 Å². The van der Waals surface area contributed by atoms with Crippen molar-refractivity contribution in [3.05, 3.63) is 27.6 Å². The molecule has 0 aliphatic rings. The predicted molar refractivity (Wildman–Crippen MR) is 50.9 cm³/mol. The number of rotatable bonds is 1. The van der Waals surface area contributed by atoms with Gasteiger partial charge in [0.05, 0.1) is 0 Å². The highest BCUT2D eigenvalue weighted by Crippen LogP contribution is 2.22. The smallest absolute Gasteiger partial charge is 0.150 e. The maximum absolute atomic E-state index is 13.0. The molecule has 0 nitrogen and oxygen atoms in total. The van der Waals surface area contributed by atoms with E-state index in [4.69, 9.17) is 0 Å². The van der Waals surface area contributed by atoms with Crippen LogP contribution in [-0.2, 0) is 0 Å². The molecule has 0 heterocycles. The van der Waals surface area contributed by atoms with Crippen LogP contribution in [0.2, 0.25) is 0 Å². The monoisotopic (exact) mass is 268 g/mol. The Kier molecular flexibility index (Phi) is 2.97. The van der Waals surface area contributed by atoms with E-state index in [2.05, 4.69) is 0 Å². The quantitative estimate of drug-likeness (QED) is 0.557. The normalized spacial score (nSPS) is 9.90. The number of hydrogen-bond acceptors (Lipinski definition) is 1. The topological polar surface area (TPSA) is 0 Å². The Hall–Kier alpha value is 0.230. The highest BCUT2D eigenvalue weighted by atomic mass is 127. The maximum Gasteiger partial charge on any atom is 0.150 e. The van der Waals surface area contributed by atoms with E-state index in [9.17, 15) is 4.39 Å². The fraction of sp³-hybridized carbons (Fsp3) is 0.143. The van der Waals surface area contributed by atoms with Crippen LogP contribution in [0.25, 0.3) is 0 Å². The lowest BCUT2D eigenvalue weighted by atomic mass is 10.3. The molecule has 10 heavy (non-hydrogen) atoms. The Morgan fingerprint density at radius 2 is 2.20 bits per heavy atom. The van der Waals surface area contributed by atoms with Gasteiger partial charge in [0, 0.05) is 8.47 Å². The molecule has 1 rings (SSSR count). The van der Waals surface area contributed by atoms with E-state index in [-0.39, 0.29) is 5.82 Å². The van der Waals surface area contributed by atoms with Crippen molar-refractivity contribution in [2.45, 2.75) is 4.90 Å². The van der Waals surface area contributed by atoms with Crippen molar-refractivity contribution in [2.75, 3.05) is 6.26 Å². The lowest BCUT2D eigenvalue weighted by molar-refractivity contribution is 0.594. The maximum atomic E-state index is 13.0. The lowest BCUT2D eigenvalue weighted by Gasteiger charge is -1.98. The third-order valence-electron chi connectivity index (χ3n) is 1.14. The van der Waals surface area contributed by atoms with Crippen molar-refractivity contribution in [2.24, 2.45) is 0 Å². The Bertz CT molecular complexity index is 237. The van der Waals surface area contributed by atoms with Gasteiger partial charge in [0.1, 0.15) is 5.82 Å². The van der Waals surface area contributed by atoms with E-state index in [1.165, 1.54) is 11.8 Å². The number of thioether (sulfide) groups is 1. The molecular formula is C7H6FIS. The molecule has 0 spiro atoms. The molecule has 0 saturated carbocycles. The van der Waals surface area contributed by atoms with Crippen molar-refractivity contribution < 1.29 is 4.39 Å². The molecule has 0 bridgehead atoms. The molecule has 0 aromatic heterocycles. The van der Waals surface area contributed by atoms with Crippen LogP contribution < -0.4 is 0 Å². The Morgan fingerprint density at radius 3 is 2.70 bits per heavy atom. The molecule has 0 fully saturated rings. The van der Waals surface area contributed by atoms with Crippen LogP contribution in [0.15, 0.2) is 23.1 Å². The predicted octanol–water partition coefficient (Wildman–Crippen LogP) is 3.15. The van der Waals surface area contributed by atoms with E-state index >= 15 is 0 Å². The Labute approximate surface area is 77.3 Å². The highest BCUT2D eigenvalue weighted by molar-refractivity contribution is 14.1. The van der Waals surface area contributed by atoms with Crippen molar-refractivity contribution in [1.82, 2.24) is 0 Å². The molecule has 0 amide bonds. The second-order valence-electron chi connectivity index (χ2n) is 1.76. The molecule has 1 aromatic rings. The minimum Gasteiger partial charge on any atom is -0.205 e. The van der Waals surface area contributed by atoms with Gasteiger partial charge < -0.3 is 0 Å². The van der Waals surface area contributed by atoms with Crippen LogP contribution in [0.4, 0.5) is 4.39 Å². The molecule has 0 radical (unpaired) electrons. The van der Waals surface area contributed by atoms with Gasteiger partial charge in [-0.1, -0.05) is 6.07 Å². The fourth-order valence-electron chi connectivity index (χ4n) is 0.642. The van der Waals surface area contributed by atoms with Crippen molar-refractivity contribution in [3.8, 4) is 0 Å². The van der Waals surface area contributed by atoms with E-state index < -0.39 is 0 Å². The summed E-state index contributed by atoms with van der Waals surface area (Å²) in [5.41, 5.74) is 0. The molecule has 0 aliphatic carbocycles. The van der Waals surface area contributed by atoms with E-state index in [1.54, 1.807) is 12.1 Å². The largest absolute Gasteiger partial charge is 0.205 e. The average Bonchev–Trinajstić information content (AvgIpc) is 1.95. The zero-order valence-electron chi connectivity index (χ0n) is 5.40. The van der Waals surface area contributed by atoms with Gasteiger partial charge in [-0.25, -0.2) is 4.39 Å². The third-order valence-corrected chi connectivity index (χ3v) is 2.72. The van der Waals surface area contributed by atoms with Gasteiger partial charge in [-0.15, -0.1) is 11.8 Å². The van der Waals surface area contributed by atoms with Gasteiger partial charge in [0.15, 0.2) is 0 Å². The molecule has 3 heteroatoms. The Morgan fingerprint density at radius 1 is 1.50 bits per heavy atom. The summed E-state index contributed by atoms with van der Waals surface area (Å²) in [4.78, 5) is 0.715. The van der Waals surface area contributed by atoms with Crippen LogP contribution in [0.1, 0.15) is 0 Å². The first-order chi connectivity index (χ1) is 4.75. The van der Waals surface area contributed by atoms with Crippen LogP contribution in [0, 0.1) is 9.39 Å². The van der Waals surface area contributed by atoms with Crippen LogP contribution in [0.5, 0.6) is 0 Å². The SMILES string of the molecule is CSc1cccc(I)c1F. The fourth-order valence-corrected chi connectivity index (χ4v) is 1.83. The van der Waals surface area contributed by atoms with Crippen molar-refractivity contribution in [3.63, 3.8) is 0 Å². The highest BCUT2D eigenvalue weighted by Gasteiger charge is 2.02. The van der Waals surface area contributed by atoms with Gasteiger partial charge in [0.25, 0.3) is 0 Å². The first-order valence-electron chi connectivity index (χ1n) is 2.73. The summed E-state index contributed by atoms with van der Waals surface area (Å²) in [7, 11) is 0. The molecule has 0 unspecified atom stereocenters. The van der Waals surface area contributed by atoms with E-state index in [0.29, 0.717) is 8.47 Å². The molecule has 0 saturated heterocycles. The molecule has 0 N–H and O–H groups in total. The second kappa shape index (κ2) is 3.57. The van der Waals surface area contributed by atoms with Crippen LogP contribution in [-0.4, -0.2) is 6.26 Å². The third kappa shape index (κ3) is 1.63. The standard InChI is InChI=1S/C7H6FIS/c1-10-6-4-2-3-5(9)7(6)8/h2-4H,1H3. The summed E-state index contributed by atoms with van der Waals surface area (Å²) in [6.45, 7) is 0. The van der Waals surface area contributed by atoms with Crippen LogP contribution >= 0.6 is 34.4 Å². The minimum atomic E-state index is -0.101. The van der Waals surface area contributed by atoms with Gasteiger partial charge in [-0.05, 0) is 41.0 Å². The molecule has 0 atom stereocenters. The number of hydrogen-bond donors (Lipinski definition) is 0. The summed E-state index contributed by atoms with van der Waals surface area (Å²) in [5, 5.41) is 0. The summed E-state index contributed by atoms with van der Waals surface area (Å²) in [6.07, 6.45) is 1.87. The summed E-state index contributed by atoms with van der Waals surface area (Å²) < 4.78 is 13.7. The summed E-state index contributed by atoms with van der Waals surface area (Å²) in [6, 6.07) is 5.40. The molecule has 1 aromatic carbocycles. The van der Waals surface area contributed by atoms with E-state index in [1.807, 2.05) is 34.9 Å². The zero-order valence-corrected chi connectivity index (χ0v) is 8.37. The summed E-state index contributed by atoms with van der Waals surface area (Å²) in [5.74, 6) is -0.101. The molecular weight excluding hydrogens is 262 g/mol. The zero-order chi connectivity index (χ0) is 7.56. The molecule has 54 valence electrons. The first-order valence-corrected chi connectivity index (χ1v) is 5.04. The molecule has 0 aliphatic heterocycles. The van der Waals surface area contributed by atoms with Crippen LogP contribution in [0.3, 0.4) is 0 Å². The Balaban J connectivity index is 3.14. The van der Waals surface area contributed by atoms with Gasteiger partial charge >= 0.3 is 0 Å².